The summed E-state index contributed by atoms with van der Waals surface area (Å²) in [5.74, 6) is 0. The standard InChI is InChI=1S/C14H18Cl2O2/c1-2-10-6-7-11(18-10)8-17-9-12-13(15)4-3-5-14(12)16/h3-5,10-11H,2,6-9H2,1H3. The van der Waals surface area contributed by atoms with E-state index in [0.717, 1.165) is 24.8 Å². The van der Waals surface area contributed by atoms with Gasteiger partial charge in [0.15, 0.2) is 0 Å². The highest BCUT2D eigenvalue weighted by Crippen LogP contribution is 2.26. The molecule has 0 N–H and O–H groups in total. The molecule has 0 bridgehead atoms. The molecule has 4 heteroatoms. The van der Waals surface area contributed by atoms with Crippen LogP contribution in [-0.2, 0) is 16.1 Å². The van der Waals surface area contributed by atoms with Gasteiger partial charge in [0.05, 0.1) is 25.4 Å². The second-order valence-corrected chi connectivity index (χ2v) is 5.40. The van der Waals surface area contributed by atoms with E-state index in [2.05, 4.69) is 6.92 Å². The summed E-state index contributed by atoms with van der Waals surface area (Å²) in [7, 11) is 0. The molecule has 0 aliphatic carbocycles. The topological polar surface area (TPSA) is 18.5 Å². The van der Waals surface area contributed by atoms with Crippen LogP contribution in [0.5, 0.6) is 0 Å². The lowest BCUT2D eigenvalue weighted by molar-refractivity contribution is -0.0203. The van der Waals surface area contributed by atoms with Gasteiger partial charge in [0.1, 0.15) is 0 Å². The molecule has 2 nitrogen and oxygen atoms in total. The van der Waals surface area contributed by atoms with Crippen LogP contribution in [0.15, 0.2) is 18.2 Å². The Balaban J connectivity index is 1.79. The van der Waals surface area contributed by atoms with Gasteiger partial charge in [-0.1, -0.05) is 36.2 Å². The molecule has 0 aromatic heterocycles. The van der Waals surface area contributed by atoms with Crippen LogP contribution in [0.25, 0.3) is 0 Å². The summed E-state index contributed by atoms with van der Waals surface area (Å²) >= 11 is 12.1. The smallest absolute Gasteiger partial charge is 0.0813 e. The maximum absolute atomic E-state index is 6.07. The zero-order chi connectivity index (χ0) is 13.0. The molecule has 1 aliphatic heterocycles. The third kappa shape index (κ3) is 3.61. The van der Waals surface area contributed by atoms with E-state index in [1.165, 1.54) is 0 Å². The zero-order valence-electron chi connectivity index (χ0n) is 10.5. The quantitative estimate of drug-likeness (QED) is 0.796. The second-order valence-electron chi connectivity index (χ2n) is 4.58. The molecule has 1 saturated heterocycles. The monoisotopic (exact) mass is 288 g/mol. The first-order chi connectivity index (χ1) is 8.70. The molecule has 2 unspecified atom stereocenters. The van der Waals surface area contributed by atoms with Gasteiger partial charge in [0, 0.05) is 15.6 Å². The Morgan fingerprint density at radius 2 is 1.89 bits per heavy atom. The highest BCUT2D eigenvalue weighted by Gasteiger charge is 2.23. The van der Waals surface area contributed by atoms with Crippen molar-refractivity contribution in [2.75, 3.05) is 6.61 Å². The number of hydrogen-bond donors (Lipinski definition) is 0. The van der Waals surface area contributed by atoms with E-state index in [1.54, 1.807) is 0 Å². The molecule has 0 saturated carbocycles. The first kappa shape index (κ1) is 14.1. The molecule has 0 radical (unpaired) electrons. The molecular weight excluding hydrogens is 271 g/mol. The Morgan fingerprint density at radius 3 is 2.50 bits per heavy atom. The normalized spacial score (nSPS) is 23.5. The van der Waals surface area contributed by atoms with E-state index in [4.69, 9.17) is 32.7 Å². The van der Waals surface area contributed by atoms with Crippen molar-refractivity contribution < 1.29 is 9.47 Å². The summed E-state index contributed by atoms with van der Waals surface area (Å²) < 4.78 is 11.5. The van der Waals surface area contributed by atoms with Crippen LogP contribution < -0.4 is 0 Å². The van der Waals surface area contributed by atoms with Gasteiger partial charge < -0.3 is 9.47 Å². The van der Waals surface area contributed by atoms with Gasteiger partial charge in [-0.05, 0) is 31.4 Å². The van der Waals surface area contributed by atoms with Crippen molar-refractivity contribution in [2.24, 2.45) is 0 Å². The lowest BCUT2D eigenvalue weighted by Crippen LogP contribution is -2.16. The highest BCUT2D eigenvalue weighted by molar-refractivity contribution is 6.35. The average Bonchev–Trinajstić information content (AvgIpc) is 2.81. The third-order valence-electron chi connectivity index (χ3n) is 3.26. The summed E-state index contributed by atoms with van der Waals surface area (Å²) in [4.78, 5) is 0. The number of benzene rings is 1. The van der Waals surface area contributed by atoms with Crippen LogP contribution in [0.3, 0.4) is 0 Å². The molecule has 1 aliphatic rings. The van der Waals surface area contributed by atoms with E-state index in [-0.39, 0.29) is 6.10 Å². The van der Waals surface area contributed by atoms with Gasteiger partial charge in [-0.3, -0.25) is 0 Å². The Labute approximate surface area is 118 Å². The van der Waals surface area contributed by atoms with Gasteiger partial charge >= 0.3 is 0 Å². The fourth-order valence-electron chi connectivity index (χ4n) is 2.17. The van der Waals surface area contributed by atoms with Crippen LogP contribution in [0.4, 0.5) is 0 Å². The lowest BCUT2D eigenvalue weighted by Gasteiger charge is -2.13. The van der Waals surface area contributed by atoms with Crippen molar-refractivity contribution in [3.8, 4) is 0 Å². The predicted molar refractivity (Wildman–Crippen MR) is 74.3 cm³/mol. The van der Waals surface area contributed by atoms with Crippen LogP contribution in [0, 0.1) is 0 Å². The maximum Gasteiger partial charge on any atom is 0.0813 e. The summed E-state index contributed by atoms with van der Waals surface area (Å²) in [6.07, 6.45) is 3.91. The lowest BCUT2D eigenvalue weighted by atomic mass is 10.2. The summed E-state index contributed by atoms with van der Waals surface area (Å²) in [6.45, 7) is 3.20. The molecule has 1 aromatic rings. The van der Waals surface area contributed by atoms with E-state index < -0.39 is 0 Å². The molecule has 1 fully saturated rings. The minimum absolute atomic E-state index is 0.219. The first-order valence-electron chi connectivity index (χ1n) is 6.36. The minimum Gasteiger partial charge on any atom is -0.374 e. The number of halogens is 2. The van der Waals surface area contributed by atoms with E-state index in [0.29, 0.717) is 29.4 Å². The molecule has 2 rings (SSSR count). The Kier molecular flexibility index (Phi) is 5.31. The molecule has 2 atom stereocenters. The van der Waals surface area contributed by atoms with Gasteiger partial charge in [0.25, 0.3) is 0 Å². The first-order valence-corrected chi connectivity index (χ1v) is 7.12. The number of hydrogen-bond acceptors (Lipinski definition) is 2. The van der Waals surface area contributed by atoms with Crippen molar-refractivity contribution >= 4 is 23.2 Å². The van der Waals surface area contributed by atoms with Crippen molar-refractivity contribution in [2.45, 2.75) is 45.0 Å². The Morgan fingerprint density at radius 1 is 1.22 bits per heavy atom. The number of rotatable bonds is 5. The van der Waals surface area contributed by atoms with Gasteiger partial charge in [-0.2, -0.15) is 0 Å². The highest BCUT2D eigenvalue weighted by atomic mass is 35.5. The van der Waals surface area contributed by atoms with Crippen LogP contribution in [0.1, 0.15) is 31.7 Å². The average molecular weight is 289 g/mol. The summed E-state index contributed by atoms with van der Waals surface area (Å²) in [5.41, 5.74) is 0.853. The molecule has 18 heavy (non-hydrogen) atoms. The van der Waals surface area contributed by atoms with Crippen molar-refractivity contribution in [3.63, 3.8) is 0 Å². The third-order valence-corrected chi connectivity index (χ3v) is 3.97. The molecule has 1 heterocycles. The fourth-order valence-corrected chi connectivity index (χ4v) is 2.67. The second kappa shape index (κ2) is 6.76. The van der Waals surface area contributed by atoms with Crippen LogP contribution >= 0.6 is 23.2 Å². The van der Waals surface area contributed by atoms with Crippen LogP contribution in [0.2, 0.25) is 10.0 Å². The largest absolute Gasteiger partial charge is 0.374 e. The minimum atomic E-state index is 0.219. The van der Waals surface area contributed by atoms with E-state index in [1.807, 2.05) is 18.2 Å². The maximum atomic E-state index is 6.07. The van der Waals surface area contributed by atoms with Crippen molar-refractivity contribution in [3.05, 3.63) is 33.8 Å². The number of ether oxygens (including phenoxy) is 2. The van der Waals surface area contributed by atoms with E-state index >= 15 is 0 Å². The molecule has 1 aromatic carbocycles. The SMILES string of the molecule is CCC1CCC(COCc2c(Cl)cccc2Cl)O1. The van der Waals surface area contributed by atoms with E-state index in [9.17, 15) is 0 Å². The van der Waals surface area contributed by atoms with Gasteiger partial charge in [-0.15, -0.1) is 0 Å². The zero-order valence-corrected chi connectivity index (χ0v) is 12.0. The summed E-state index contributed by atoms with van der Waals surface area (Å²) in [6, 6.07) is 5.48. The Hall–Kier alpha value is -0.280. The molecule has 0 spiro atoms. The van der Waals surface area contributed by atoms with Crippen molar-refractivity contribution in [1.29, 1.82) is 0 Å². The molecular formula is C14H18Cl2O2. The Bertz CT molecular complexity index is 375. The fraction of sp³-hybridized carbons (Fsp3) is 0.571. The van der Waals surface area contributed by atoms with Gasteiger partial charge in [0.2, 0.25) is 0 Å². The molecule has 100 valence electrons. The van der Waals surface area contributed by atoms with Crippen molar-refractivity contribution in [1.82, 2.24) is 0 Å². The molecule has 0 amide bonds. The predicted octanol–water partition coefficient (Wildman–Crippen LogP) is 4.47. The van der Waals surface area contributed by atoms with Crippen LogP contribution in [-0.4, -0.2) is 18.8 Å². The summed E-state index contributed by atoms with van der Waals surface area (Å²) in [5, 5.41) is 1.31. The van der Waals surface area contributed by atoms with Gasteiger partial charge in [-0.25, -0.2) is 0 Å².